The van der Waals surface area contributed by atoms with Gasteiger partial charge in [-0.3, -0.25) is 0 Å². The number of rotatable bonds is 6. The van der Waals surface area contributed by atoms with Crippen LogP contribution in [0.1, 0.15) is 58.3 Å². The van der Waals surface area contributed by atoms with Crippen molar-refractivity contribution in [3.8, 4) is 0 Å². The van der Waals surface area contributed by atoms with Gasteiger partial charge < -0.3 is 10.1 Å². The molecule has 1 aliphatic carbocycles. The molecule has 0 amide bonds. The molecule has 0 aromatic rings. The Kier molecular flexibility index (Phi) is 5.11. The highest BCUT2D eigenvalue weighted by Gasteiger charge is 2.25. The third-order valence-corrected chi connectivity index (χ3v) is 4.15. The Hall–Kier alpha value is -0.0800. The first kappa shape index (κ1) is 12.4. The maximum atomic E-state index is 5.69. The van der Waals surface area contributed by atoms with Gasteiger partial charge in [0.25, 0.3) is 0 Å². The number of hydrogen-bond acceptors (Lipinski definition) is 2. The third kappa shape index (κ3) is 3.74. The minimum atomic E-state index is 0.600. The summed E-state index contributed by atoms with van der Waals surface area (Å²) in [6.07, 6.45) is 11.4. The van der Waals surface area contributed by atoms with E-state index >= 15 is 0 Å². The van der Waals surface area contributed by atoms with E-state index in [1.54, 1.807) is 0 Å². The van der Waals surface area contributed by atoms with Crippen LogP contribution in [0.4, 0.5) is 0 Å². The molecule has 1 heterocycles. The van der Waals surface area contributed by atoms with E-state index in [4.69, 9.17) is 4.74 Å². The van der Waals surface area contributed by atoms with E-state index in [1.165, 1.54) is 57.9 Å². The largest absolute Gasteiger partial charge is 0.378 e. The second-order valence-corrected chi connectivity index (χ2v) is 5.54. The first-order valence-corrected chi connectivity index (χ1v) is 7.23. The van der Waals surface area contributed by atoms with Crippen molar-refractivity contribution in [1.29, 1.82) is 0 Å². The second kappa shape index (κ2) is 6.61. The fraction of sp³-hybridized carbons (Fsp3) is 1.00. The Morgan fingerprint density at radius 1 is 1.19 bits per heavy atom. The maximum Gasteiger partial charge on any atom is 0.0576 e. The van der Waals surface area contributed by atoms with Crippen LogP contribution in [0.3, 0.4) is 0 Å². The molecule has 2 fully saturated rings. The molecule has 2 rings (SSSR count). The summed E-state index contributed by atoms with van der Waals surface area (Å²) < 4.78 is 5.69. The van der Waals surface area contributed by atoms with E-state index in [-0.39, 0.29) is 0 Å². The van der Waals surface area contributed by atoms with Crippen LogP contribution in [0.25, 0.3) is 0 Å². The van der Waals surface area contributed by atoms with Gasteiger partial charge in [-0.15, -0.1) is 0 Å². The molecule has 16 heavy (non-hydrogen) atoms. The number of ether oxygens (including phenoxy) is 1. The van der Waals surface area contributed by atoms with Crippen LogP contribution in [0.5, 0.6) is 0 Å². The Balaban J connectivity index is 1.57. The monoisotopic (exact) mass is 225 g/mol. The van der Waals surface area contributed by atoms with Gasteiger partial charge in [0, 0.05) is 12.6 Å². The molecule has 94 valence electrons. The van der Waals surface area contributed by atoms with E-state index in [1.807, 2.05) is 0 Å². The highest BCUT2D eigenvalue weighted by Crippen LogP contribution is 2.31. The summed E-state index contributed by atoms with van der Waals surface area (Å²) in [4.78, 5) is 0. The Labute approximate surface area is 100 Å². The Morgan fingerprint density at radius 3 is 2.88 bits per heavy atom. The predicted octanol–water partition coefficient (Wildman–Crippen LogP) is 3.11. The van der Waals surface area contributed by atoms with E-state index in [0.29, 0.717) is 6.10 Å². The molecule has 2 heteroatoms. The van der Waals surface area contributed by atoms with Crippen LogP contribution in [0, 0.1) is 5.92 Å². The molecule has 1 N–H and O–H groups in total. The molecule has 0 bridgehead atoms. The molecule has 3 unspecified atom stereocenters. The lowest BCUT2D eigenvalue weighted by Gasteiger charge is -2.14. The average molecular weight is 225 g/mol. The minimum absolute atomic E-state index is 0.600. The summed E-state index contributed by atoms with van der Waals surface area (Å²) >= 11 is 0. The lowest BCUT2D eigenvalue weighted by atomic mass is 9.98. The van der Waals surface area contributed by atoms with E-state index < -0.39 is 0 Å². The average Bonchev–Trinajstić information content (AvgIpc) is 2.95. The molecule has 0 aromatic heterocycles. The molecule has 0 radical (unpaired) electrons. The molecule has 3 atom stereocenters. The van der Waals surface area contributed by atoms with Crippen molar-refractivity contribution >= 4 is 0 Å². The molecule has 0 spiro atoms. The van der Waals surface area contributed by atoms with Gasteiger partial charge in [-0.25, -0.2) is 0 Å². The molecule has 1 saturated heterocycles. The van der Waals surface area contributed by atoms with Gasteiger partial charge >= 0.3 is 0 Å². The quantitative estimate of drug-likeness (QED) is 0.750. The van der Waals surface area contributed by atoms with Gasteiger partial charge in [0.2, 0.25) is 0 Å². The predicted molar refractivity (Wildman–Crippen MR) is 67.6 cm³/mol. The molecular weight excluding hydrogens is 198 g/mol. The van der Waals surface area contributed by atoms with E-state index in [0.717, 1.165) is 18.6 Å². The van der Waals surface area contributed by atoms with Gasteiger partial charge in [-0.1, -0.05) is 6.92 Å². The zero-order valence-electron chi connectivity index (χ0n) is 10.7. The molecule has 2 aliphatic rings. The van der Waals surface area contributed by atoms with Crippen molar-refractivity contribution in [1.82, 2.24) is 5.32 Å². The lowest BCUT2D eigenvalue weighted by molar-refractivity contribution is 0.0981. The molecule has 1 aliphatic heterocycles. The summed E-state index contributed by atoms with van der Waals surface area (Å²) in [7, 11) is 0. The van der Waals surface area contributed by atoms with Crippen LogP contribution in [-0.2, 0) is 4.74 Å². The number of nitrogens with one attached hydrogen (secondary N) is 1. The third-order valence-electron chi connectivity index (χ3n) is 4.15. The topological polar surface area (TPSA) is 21.3 Å². The van der Waals surface area contributed by atoms with Gasteiger partial charge in [0.15, 0.2) is 0 Å². The van der Waals surface area contributed by atoms with Crippen LogP contribution in [-0.4, -0.2) is 25.3 Å². The van der Waals surface area contributed by atoms with Crippen molar-refractivity contribution < 1.29 is 4.74 Å². The smallest absolute Gasteiger partial charge is 0.0576 e. The fourth-order valence-corrected chi connectivity index (χ4v) is 3.16. The van der Waals surface area contributed by atoms with Crippen molar-refractivity contribution in [3.63, 3.8) is 0 Å². The van der Waals surface area contributed by atoms with Gasteiger partial charge in [0.1, 0.15) is 0 Å². The highest BCUT2D eigenvalue weighted by molar-refractivity contribution is 4.81. The molecule has 1 saturated carbocycles. The van der Waals surface area contributed by atoms with Crippen LogP contribution in [0.2, 0.25) is 0 Å². The first-order valence-electron chi connectivity index (χ1n) is 7.23. The van der Waals surface area contributed by atoms with Crippen LogP contribution >= 0.6 is 0 Å². The van der Waals surface area contributed by atoms with Crippen molar-refractivity contribution in [3.05, 3.63) is 0 Å². The van der Waals surface area contributed by atoms with Gasteiger partial charge in [-0.2, -0.15) is 0 Å². The number of hydrogen-bond donors (Lipinski definition) is 1. The minimum Gasteiger partial charge on any atom is -0.378 e. The Bertz CT molecular complexity index is 189. The normalized spacial score (nSPS) is 34.7. The van der Waals surface area contributed by atoms with Crippen molar-refractivity contribution in [2.45, 2.75) is 70.4 Å². The van der Waals surface area contributed by atoms with E-state index in [2.05, 4.69) is 12.2 Å². The molecular formula is C14H27NO. The highest BCUT2D eigenvalue weighted by atomic mass is 16.5. The maximum absolute atomic E-state index is 5.69. The zero-order chi connectivity index (χ0) is 11.2. The lowest BCUT2D eigenvalue weighted by Crippen LogP contribution is -2.27. The Morgan fingerprint density at radius 2 is 2.12 bits per heavy atom. The summed E-state index contributed by atoms with van der Waals surface area (Å²) in [6, 6.07) is 0.814. The van der Waals surface area contributed by atoms with E-state index in [9.17, 15) is 0 Å². The van der Waals surface area contributed by atoms with Gasteiger partial charge in [-0.05, 0) is 63.8 Å². The molecule has 0 aromatic carbocycles. The summed E-state index contributed by atoms with van der Waals surface area (Å²) in [5.74, 6) is 0.971. The summed E-state index contributed by atoms with van der Waals surface area (Å²) in [5, 5.41) is 3.66. The first-order chi connectivity index (χ1) is 7.88. The van der Waals surface area contributed by atoms with Gasteiger partial charge in [0.05, 0.1) is 6.10 Å². The SMILES string of the molecule is CCCNC1CCC(CCC2CCCO2)C1. The summed E-state index contributed by atoms with van der Waals surface area (Å²) in [6.45, 7) is 4.45. The fourth-order valence-electron chi connectivity index (χ4n) is 3.16. The summed E-state index contributed by atoms with van der Waals surface area (Å²) in [5.41, 5.74) is 0. The van der Waals surface area contributed by atoms with Crippen molar-refractivity contribution in [2.75, 3.05) is 13.2 Å². The van der Waals surface area contributed by atoms with Crippen LogP contribution in [0.15, 0.2) is 0 Å². The van der Waals surface area contributed by atoms with Crippen LogP contribution < -0.4 is 5.32 Å². The zero-order valence-corrected chi connectivity index (χ0v) is 10.7. The molecule has 2 nitrogen and oxygen atoms in total. The standard InChI is InChI=1S/C14H27NO/c1-2-9-15-13-7-5-12(11-13)6-8-14-4-3-10-16-14/h12-15H,2-11H2,1H3. The van der Waals surface area contributed by atoms with Crippen molar-refractivity contribution in [2.24, 2.45) is 5.92 Å². The second-order valence-electron chi connectivity index (χ2n) is 5.54.